The lowest BCUT2D eigenvalue weighted by Crippen LogP contribution is -2.30. The average molecular weight is 196 g/mol. The fourth-order valence-electron chi connectivity index (χ4n) is 1.91. The first kappa shape index (κ1) is 11.0. The Hall–Kier alpha value is -1.12. The molecule has 1 aliphatic carbocycles. The van der Waals surface area contributed by atoms with Gasteiger partial charge in [0.1, 0.15) is 6.29 Å². The zero-order valence-electron chi connectivity index (χ0n) is 8.40. The SMILES string of the molecule is C[C@@]1(C=O)CCC=C[C@@H]1CCC(=O)O. The molecule has 0 aliphatic heterocycles. The third-order valence-electron chi connectivity index (χ3n) is 3.00. The molecular formula is C11H16O3. The van der Waals surface area contributed by atoms with E-state index in [0.29, 0.717) is 6.42 Å². The zero-order chi connectivity index (χ0) is 10.6. The smallest absolute Gasteiger partial charge is 0.303 e. The van der Waals surface area contributed by atoms with Crippen LogP contribution in [0.3, 0.4) is 0 Å². The largest absolute Gasteiger partial charge is 0.481 e. The van der Waals surface area contributed by atoms with Crippen molar-refractivity contribution in [1.29, 1.82) is 0 Å². The van der Waals surface area contributed by atoms with Gasteiger partial charge in [-0.1, -0.05) is 19.1 Å². The Labute approximate surface area is 83.8 Å². The summed E-state index contributed by atoms with van der Waals surface area (Å²) in [7, 11) is 0. The van der Waals surface area contributed by atoms with Crippen LogP contribution in [0.2, 0.25) is 0 Å². The molecule has 0 unspecified atom stereocenters. The van der Waals surface area contributed by atoms with Crippen LogP contribution in [-0.2, 0) is 9.59 Å². The molecule has 0 bridgehead atoms. The van der Waals surface area contributed by atoms with Crippen molar-refractivity contribution in [3.05, 3.63) is 12.2 Å². The molecule has 1 aliphatic rings. The molecule has 0 spiro atoms. The minimum atomic E-state index is -0.794. The number of carbonyl (C=O) groups excluding carboxylic acids is 1. The first-order chi connectivity index (χ1) is 6.58. The number of aliphatic carboxylic acids is 1. The number of carbonyl (C=O) groups is 2. The summed E-state index contributed by atoms with van der Waals surface area (Å²) < 4.78 is 0. The van der Waals surface area contributed by atoms with E-state index in [1.54, 1.807) is 0 Å². The molecule has 14 heavy (non-hydrogen) atoms. The number of hydrogen-bond acceptors (Lipinski definition) is 2. The van der Waals surface area contributed by atoms with Gasteiger partial charge >= 0.3 is 5.97 Å². The third kappa shape index (κ3) is 2.44. The second-order valence-electron chi connectivity index (χ2n) is 4.13. The van der Waals surface area contributed by atoms with Crippen molar-refractivity contribution in [3.8, 4) is 0 Å². The van der Waals surface area contributed by atoms with Crippen LogP contribution in [0, 0.1) is 11.3 Å². The molecule has 3 heteroatoms. The summed E-state index contributed by atoms with van der Waals surface area (Å²) in [5, 5.41) is 8.57. The molecule has 78 valence electrons. The van der Waals surface area contributed by atoms with Crippen molar-refractivity contribution < 1.29 is 14.7 Å². The maximum absolute atomic E-state index is 11.0. The Bertz CT molecular complexity index is 257. The van der Waals surface area contributed by atoms with E-state index in [4.69, 9.17) is 5.11 Å². The van der Waals surface area contributed by atoms with Crippen molar-refractivity contribution in [2.45, 2.75) is 32.6 Å². The zero-order valence-corrected chi connectivity index (χ0v) is 8.40. The number of carboxylic acid groups (broad SMARTS) is 1. The number of aldehydes is 1. The molecule has 0 aromatic heterocycles. The lowest BCUT2D eigenvalue weighted by Gasteiger charge is -2.33. The summed E-state index contributed by atoms with van der Waals surface area (Å²) in [5.41, 5.74) is -0.357. The van der Waals surface area contributed by atoms with Gasteiger partial charge in [0.2, 0.25) is 0 Å². The molecule has 0 heterocycles. The van der Waals surface area contributed by atoms with E-state index in [-0.39, 0.29) is 17.8 Å². The van der Waals surface area contributed by atoms with Gasteiger partial charge in [0, 0.05) is 11.8 Å². The molecule has 0 saturated heterocycles. The molecule has 0 amide bonds. The Morgan fingerprint density at radius 3 is 3.00 bits per heavy atom. The Balaban J connectivity index is 2.63. The Morgan fingerprint density at radius 2 is 2.43 bits per heavy atom. The molecule has 0 saturated carbocycles. The molecule has 1 rings (SSSR count). The van der Waals surface area contributed by atoms with Gasteiger partial charge in [-0.3, -0.25) is 4.79 Å². The van der Waals surface area contributed by atoms with Gasteiger partial charge in [0.25, 0.3) is 0 Å². The van der Waals surface area contributed by atoms with Crippen LogP contribution < -0.4 is 0 Å². The highest BCUT2D eigenvalue weighted by molar-refractivity contribution is 5.67. The van der Waals surface area contributed by atoms with E-state index < -0.39 is 5.97 Å². The lowest BCUT2D eigenvalue weighted by molar-refractivity contribution is -0.137. The highest BCUT2D eigenvalue weighted by Gasteiger charge is 2.33. The number of allylic oxidation sites excluding steroid dienone is 2. The predicted octanol–water partition coefficient (Wildman–Crippen LogP) is 2.02. The van der Waals surface area contributed by atoms with Crippen LogP contribution in [0.5, 0.6) is 0 Å². The third-order valence-corrected chi connectivity index (χ3v) is 3.00. The summed E-state index contributed by atoms with van der Waals surface area (Å²) in [5.74, 6) is -0.706. The van der Waals surface area contributed by atoms with E-state index in [2.05, 4.69) is 0 Å². The van der Waals surface area contributed by atoms with E-state index in [1.165, 1.54) is 0 Å². The van der Waals surface area contributed by atoms with Crippen LogP contribution >= 0.6 is 0 Å². The molecule has 0 aromatic rings. The van der Waals surface area contributed by atoms with Gasteiger partial charge in [-0.15, -0.1) is 0 Å². The monoisotopic (exact) mass is 196 g/mol. The fourth-order valence-corrected chi connectivity index (χ4v) is 1.91. The highest BCUT2D eigenvalue weighted by Crippen LogP contribution is 2.37. The Kier molecular flexibility index (Phi) is 3.44. The second kappa shape index (κ2) is 4.40. The first-order valence-corrected chi connectivity index (χ1v) is 4.93. The number of carboxylic acids is 1. The molecule has 3 nitrogen and oxygen atoms in total. The molecular weight excluding hydrogens is 180 g/mol. The minimum Gasteiger partial charge on any atom is -0.481 e. The molecule has 0 aromatic carbocycles. The van der Waals surface area contributed by atoms with Gasteiger partial charge in [-0.2, -0.15) is 0 Å². The molecule has 2 atom stereocenters. The van der Waals surface area contributed by atoms with Crippen LogP contribution in [0.1, 0.15) is 32.6 Å². The standard InChI is InChI=1S/C11H16O3/c1-11(8-12)7-3-2-4-9(11)5-6-10(13)14/h2,4,8-9H,3,5-7H2,1H3,(H,13,14)/t9-,11+/m1/s1. The van der Waals surface area contributed by atoms with Crippen LogP contribution in [0.15, 0.2) is 12.2 Å². The minimum absolute atomic E-state index is 0.0878. The normalized spacial score (nSPS) is 31.4. The van der Waals surface area contributed by atoms with E-state index in [9.17, 15) is 9.59 Å². The maximum atomic E-state index is 11.0. The predicted molar refractivity (Wildman–Crippen MR) is 52.9 cm³/mol. The van der Waals surface area contributed by atoms with Gasteiger partial charge in [-0.05, 0) is 25.2 Å². The summed E-state index contributed by atoms with van der Waals surface area (Å²) in [6, 6.07) is 0. The summed E-state index contributed by atoms with van der Waals surface area (Å²) in [6.07, 6.45) is 7.44. The van der Waals surface area contributed by atoms with E-state index in [0.717, 1.165) is 19.1 Å². The van der Waals surface area contributed by atoms with Crippen LogP contribution in [0.25, 0.3) is 0 Å². The summed E-state index contributed by atoms with van der Waals surface area (Å²) in [4.78, 5) is 21.4. The van der Waals surface area contributed by atoms with Crippen molar-refractivity contribution >= 4 is 12.3 Å². The van der Waals surface area contributed by atoms with Gasteiger partial charge < -0.3 is 9.90 Å². The second-order valence-corrected chi connectivity index (χ2v) is 4.13. The van der Waals surface area contributed by atoms with Crippen molar-refractivity contribution in [2.24, 2.45) is 11.3 Å². The van der Waals surface area contributed by atoms with Crippen molar-refractivity contribution in [1.82, 2.24) is 0 Å². The van der Waals surface area contributed by atoms with Crippen LogP contribution in [-0.4, -0.2) is 17.4 Å². The van der Waals surface area contributed by atoms with E-state index >= 15 is 0 Å². The molecule has 0 fully saturated rings. The van der Waals surface area contributed by atoms with Gasteiger partial charge in [0.15, 0.2) is 0 Å². The quantitative estimate of drug-likeness (QED) is 0.553. The topological polar surface area (TPSA) is 54.4 Å². The maximum Gasteiger partial charge on any atom is 0.303 e. The first-order valence-electron chi connectivity index (χ1n) is 4.93. The lowest BCUT2D eigenvalue weighted by atomic mass is 9.70. The van der Waals surface area contributed by atoms with E-state index in [1.807, 2.05) is 19.1 Å². The molecule has 0 radical (unpaired) electrons. The average Bonchev–Trinajstić information content (AvgIpc) is 2.16. The van der Waals surface area contributed by atoms with Crippen molar-refractivity contribution in [3.63, 3.8) is 0 Å². The number of hydrogen-bond donors (Lipinski definition) is 1. The van der Waals surface area contributed by atoms with Gasteiger partial charge in [0.05, 0.1) is 0 Å². The van der Waals surface area contributed by atoms with Crippen LogP contribution in [0.4, 0.5) is 0 Å². The van der Waals surface area contributed by atoms with Gasteiger partial charge in [-0.25, -0.2) is 0 Å². The summed E-state index contributed by atoms with van der Waals surface area (Å²) in [6.45, 7) is 1.91. The number of rotatable bonds is 4. The molecule has 1 N–H and O–H groups in total. The van der Waals surface area contributed by atoms with Crippen molar-refractivity contribution in [2.75, 3.05) is 0 Å². The highest BCUT2D eigenvalue weighted by atomic mass is 16.4. The Morgan fingerprint density at radius 1 is 1.71 bits per heavy atom. The summed E-state index contributed by atoms with van der Waals surface area (Å²) >= 11 is 0. The fraction of sp³-hybridized carbons (Fsp3) is 0.636.